The summed E-state index contributed by atoms with van der Waals surface area (Å²) >= 11 is 0. The summed E-state index contributed by atoms with van der Waals surface area (Å²) in [7, 11) is 3.48. The van der Waals surface area contributed by atoms with E-state index >= 15 is 0 Å². The molecular weight excluding hydrogens is 314 g/mol. The van der Waals surface area contributed by atoms with Gasteiger partial charge in [0.2, 0.25) is 0 Å². The molecule has 1 aromatic rings. The predicted molar refractivity (Wildman–Crippen MR) is 103 cm³/mol. The zero-order valence-electron chi connectivity index (χ0n) is 16.2. The van der Waals surface area contributed by atoms with Gasteiger partial charge in [-0.3, -0.25) is 0 Å². The molecule has 1 saturated carbocycles. The van der Waals surface area contributed by atoms with E-state index < -0.39 is 0 Å². The fourth-order valence-corrected chi connectivity index (χ4v) is 3.33. The summed E-state index contributed by atoms with van der Waals surface area (Å²) in [6.45, 7) is 7.47. The molecule has 0 amide bonds. The normalized spacial score (nSPS) is 16.2. The average molecular weight is 348 g/mol. The summed E-state index contributed by atoms with van der Waals surface area (Å²) in [5.41, 5.74) is 2.71. The van der Waals surface area contributed by atoms with E-state index in [0.29, 0.717) is 12.0 Å². The molecule has 1 aromatic carbocycles. The summed E-state index contributed by atoms with van der Waals surface area (Å²) in [5.74, 6) is 1.81. The monoisotopic (exact) mass is 347 g/mol. The number of nitrogens with one attached hydrogen (secondary N) is 2. The van der Waals surface area contributed by atoms with Crippen molar-refractivity contribution in [2.45, 2.75) is 46.1 Å². The van der Waals surface area contributed by atoms with E-state index in [1.54, 1.807) is 14.2 Å². The molecule has 0 aliphatic heterocycles. The van der Waals surface area contributed by atoms with Crippen LogP contribution < -0.4 is 15.4 Å². The molecular formula is C20H33N3O2. The number of benzene rings is 1. The lowest BCUT2D eigenvalue weighted by atomic mass is 9.67. The van der Waals surface area contributed by atoms with Crippen molar-refractivity contribution in [3.8, 4) is 5.75 Å². The molecule has 1 aliphatic rings. The Kier molecular flexibility index (Phi) is 7.56. The molecule has 0 atom stereocenters. The number of methoxy groups -OCH3 is 2. The molecule has 25 heavy (non-hydrogen) atoms. The SMILES string of the molecule is CCNC(=NCc1ccc(OC)c(C)c1)NCC1(CCOC)CCC1. The van der Waals surface area contributed by atoms with Crippen LogP contribution in [0.2, 0.25) is 0 Å². The third kappa shape index (κ3) is 5.63. The first-order chi connectivity index (χ1) is 12.1. The highest BCUT2D eigenvalue weighted by molar-refractivity contribution is 5.79. The first-order valence-corrected chi connectivity index (χ1v) is 9.27. The summed E-state index contributed by atoms with van der Waals surface area (Å²) in [6, 6.07) is 6.22. The first kappa shape index (κ1) is 19.6. The Balaban J connectivity index is 1.94. The number of nitrogens with zero attached hydrogens (tertiary/aromatic N) is 1. The fraction of sp³-hybridized carbons (Fsp3) is 0.650. The van der Waals surface area contributed by atoms with Gasteiger partial charge in [-0.1, -0.05) is 18.6 Å². The lowest BCUT2D eigenvalue weighted by Gasteiger charge is -2.42. The molecule has 1 aliphatic carbocycles. The van der Waals surface area contributed by atoms with Crippen molar-refractivity contribution in [3.05, 3.63) is 29.3 Å². The minimum absolute atomic E-state index is 0.378. The maximum absolute atomic E-state index is 5.32. The molecule has 2 rings (SSSR count). The van der Waals surface area contributed by atoms with E-state index in [4.69, 9.17) is 14.5 Å². The van der Waals surface area contributed by atoms with Crippen LogP contribution in [0.3, 0.4) is 0 Å². The maximum atomic E-state index is 5.32. The van der Waals surface area contributed by atoms with Gasteiger partial charge in [0.05, 0.1) is 13.7 Å². The summed E-state index contributed by atoms with van der Waals surface area (Å²) in [4.78, 5) is 4.74. The summed E-state index contributed by atoms with van der Waals surface area (Å²) in [5, 5.41) is 6.89. The van der Waals surface area contributed by atoms with E-state index in [-0.39, 0.29) is 0 Å². The molecule has 5 nitrogen and oxygen atoms in total. The van der Waals surface area contributed by atoms with E-state index in [9.17, 15) is 0 Å². The van der Waals surface area contributed by atoms with Gasteiger partial charge in [-0.05, 0) is 55.7 Å². The summed E-state index contributed by atoms with van der Waals surface area (Å²) < 4.78 is 10.6. The number of aliphatic imine (C=N–C) groups is 1. The molecule has 0 bridgehead atoms. The Morgan fingerprint density at radius 2 is 2.04 bits per heavy atom. The van der Waals surface area contributed by atoms with Crippen LogP contribution in [-0.4, -0.2) is 39.9 Å². The van der Waals surface area contributed by atoms with Gasteiger partial charge in [-0.25, -0.2) is 4.99 Å². The fourth-order valence-electron chi connectivity index (χ4n) is 3.33. The summed E-state index contributed by atoms with van der Waals surface area (Å²) in [6.07, 6.45) is 5.00. The quantitative estimate of drug-likeness (QED) is 0.532. The Labute approximate surface area is 152 Å². The molecule has 0 unspecified atom stereocenters. The van der Waals surface area contributed by atoms with Gasteiger partial charge < -0.3 is 20.1 Å². The van der Waals surface area contributed by atoms with Crippen LogP contribution in [0.5, 0.6) is 5.75 Å². The second kappa shape index (κ2) is 9.66. The van der Waals surface area contributed by atoms with Crippen molar-refractivity contribution in [2.24, 2.45) is 10.4 Å². The standard InChI is InChI=1S/C20H33N3O2/c1-5-21-19(23-15-20(9-6-10-20)11-12-24-3)22-14-17-7-8-18(25-4)16(2)13-17/h7-8,13H,5-6,9-12,14-15H2,1-4H3,(H2,21,22,23). The topological polar surface area (TPSA) is 54.9 Å². The number of ether oxygens (including phenoxy) is 2. The van der Waals surface area contributed by atoms with Crippen molar-refractivity contribution in [1.82, 2.24) is 10.6 Å². The highest BCUT2D eigenvalue weighted by Gasteiger charge is 2.36. The zero-order chi connectivity index (χ0) is 18.1. The Morgan fingerprint density at radius 1 is 1.24 bits per heavy atom. The Hall–Kier alpha value is -1.75. The average Bonchev–Trinajstić information content (AvgIpc) is 2.58. The smallest absolute Gasteiger partial charge is 0.191 e. The Morgan fingerprint density at radius 3 is 2.60 bits per heavy atom. The van der Waals surface area contributed by atoms with E-state index in [1.807, 2.05) is 6.07 Å². The first-order valence-electron chi connectivity index (χ1n) is 9.27. The third-order valence-electron chi connectivity index (χ3n) is 5.10. The predicted octanol–water partition coefficient (Wildman–Crippen LogP) is 3.27. The van der Waals surface area contributed by atoms with Gasteiger partial charge in [0, 0.05) is 26.8 Å². The van der Waals surface area contributed by atoms with Crippen LogP contribution in [0, 0.1) is 12.3 Å². The molecule has 0 spiro atoms. The molecule has 1 fully saturated rings. The molecule has 0 heterocycles. The second-order valence-electron chi connectivity index (χ2n) is 6.95. The van der Waals surface area contributed by atoms with Crippen molar-refractivity contribution >= 4 is 5.96 Å². The highest BCUT2D eigenvalue weighted by Crippen LogP contribution is 2.43. The minimum atomic E-state index is 0.378. The highest BCUT2D eigenvalue weighted by atomic mass is 16.5. The molecule has 2 N–H and O–H groups in total. The largest absolute Gasteiger partial charge is 0.496 e. The van der Waals surface area contributed by atoms with Gasteiger partial charge >= 0.3 is 0 Å². The van der Waals surface area contributed by atoms with Gasteiger partial charge in [-0.2, -0.15) is 0 Å². The lowest BCUT2D eigenvalue weighted by molar-refractivity contribution is 0.0732. The van der Waals surface area contributed by atoms with E-state index in [0.717, 1.165) is 43.4 Å². The minimum Gasteiger partial charge on any atom is -0.496 e. The van der Waals surface area contributed by atoms with E-state index in [1.165, 1.54) is 24.8 Å². The molecule has 0 radical (unpaired) electrons. The van der Waals surface area contributed by atoms with Gasteiger partial charge in [0.15, 0.2) is 5.96 Å². The van der Waals surface area contributed by atoms with Crippen LogP contribution >= 0.6 is 0 Å². The second-order valence-corrected chi connectivity index (χ2v) is 6.95. The van der Waals surface area contributed by atoms with Crippen molar-refractivity contribution < 1.29 is 9.47 Å². The van der Waals surface area contributed by atoms with Crippen molar-refractivity contribution in [3.63, 3.8) is 0 Å². The van der Waals surface area contributed by atoms with E-state index in [2.05, 4.69) is 36.6 Å². The number of aryl methyl sites for hydroxylation is 1. The van der Waals surface area contributed by atoms with Crippen LogP contribution in [0.15, 0.2) is 23.2 Å². The lowest BCUT2D eigenvalue weighted by Crippen LogP contribution is -2.46. The van der Waals surface area contributed by atoms with Crippen molar-refractivity contribution in [1.29, 1.82) is 0 Å². The van der Waals surface area contributed by atoms with Crippen LogP contribution in [0.4, 0.5) is 0 Å². The van der Waals surface area contributed by atoms with Gasteiger partial charge in [0.1, 0.15) is 5.75 Å². The zero-order valence-corrected chi connectivity index (χ0v) is 16.2. The van der Waals surface area contributed by atoms with Gasteiger partial charge in [0.25, 0.3) is 0 Å². The van der Waals surface area contributed by atoms with Crippen LogP contribution in [-0.2, 0) is 11.3 Å². The molecule has 140 valence electrons. The molecule has 0 saturated heterocycles. The maximum Gasteiger partial charge on any atom is 0.191 e. The van der Waals surface area contributed by atoms with Crippen LogP contribution in [0.1, 0.15) is 43.7 Å². The number of hydrogen-bond acceptors (Lipinski definition) is 3. The van der Waals surface area contributed by atoms with Crippen molar-refractivity contribution in [2.75, 3.05) is 33.9 Å². The number of guanidine groups is 1. The number of hydrogen-bond donors (Lipinski definition) is 2. The van der Waals surface area contributed by atoms with Gasteiger partial charge in [-0.15, -0.1) is 0 Å². The van der Waals surface area contributed by atoms with Crippen LogP contribution in [0.25, 0.3) is 0 Å². The molecule has 0 aromatic heterocycles. The third-order valence-corrected chi connectivity index (χ3v) is 5.10. The molecule has 5 heteroatoms. The Bertz CT molecular complexity index is 568. The number of rotatable bonds is 9.